The molecule has 0 spiro atoms. The van der Waals surface area contributed by atoms with E-state index >= 15 is 0 Å². The summed E-state index contributed by atoms with van der Waals surface area (Å²) in [4.78, 5) is 11.9. The first-order chi connectivity index (χ1) is 13.2. The second kappa shape index (κ2) is 9.37. The third kappa shape index (κ3) is 4.26. The van der Waals surface area contributed by atoms with Gasteiger partial charge in [-0.05, 0) is 18.6 Å². The maximum atomic E-state index is 14.3. The summed E-state index contributed by atoms with van der Waals surface area (Å²) in [6.45, 7) is 2.87. The monoisotopic (exact) mass is 439 g/mol. The molecule has 28 heavy (non-hydrogen) atoms. The number of hydrogen-bond donors (Lipinski definition) is 2. The largest absolute Gasteiger partial charge is 0.350 e. The Morgan fingerprint density at radius 1 is 1.21 bits per heavy atom. The van der Waals surface area contributed by atoms with E-state index in [0.29, 0.717) is 12.2 Å². The van der Waals surface area contributed by atoms with E-state index in [1.54, 1.807) is 14.0 Å². The van der Waals surface area contributed by atoms with Crippen LogP contribution in [0, 0.1) is 23.3 Å². The number of nitrogens with one attached hydrogen (secondary N) is 2. The average Bonchev–Trinajstić information content (AvgIpc) is 2.97. The number of halogens is 5. The molecule has 156 valence electrons. The molecule has 0 saturated heterocycles. The fraction of sp³-hybridized carbons (Fsp3) is 0.500. The van der Waals surface area contributed by atoms with Crippen LogP contribution in [0.4, 0.5) is 17.6 Å². The van der Waals surface area contributed by atoms with Gasteiger partial charge >= 0.3 is 0 Å². The van der Waals surface area contributed by atoms with Crippen molar-refractivity contribution < 1.29 is 22.4 Å². The lowest BCUT2D eigenvalue weighted by molar-refractivity contribution is -0.127. The number of hydrogen-bond acceptors (Lipinski definition) is 4. The van der Waals surface area contributed by atoms with E-state index in [-0.39, 0.29) is 11.5 Å². The number of benzene rings is 1. The molecule has 2 N–H and O–H groups in total. The van der Waals surface area contributed by atoms with Crippen molar-refractivity contribution in [3.63, 3.8) is 0 Å². The molecule has 1 aliphatic heterocycles. The van der Waals surface area contributed by atoms with Crippen molar-refractivity contribution in [3.05, 3.63) is 40.1 Å². The summed E-state index contributed by atoms with van der Waals surface area (Å²) in [5, 5.41) is 3.99. The minimum atomic E-state index is -1.51. The molecule has 1 heterocycles. The Morgan fingerprint density at radius 2 is 1.82 bits per heavy atom. The van der Waals surface area contributed by atoms with Gasteiger partial charge in [-0.2, -0.15) is 0 Å². The van der Waals surface area contributed by atoms with Gasteiger partial charge in [-0.3, -0.25) is 4.79 Å². The number of carbonyl (C=O) groups is 1. The second-order valence-corrected chi connectivity index (χ2v) is 7.92. The van der Waals surface area contributed by atoms with E-state index in [0.717, 1.165) is 18.2 Å². The highest BCUT2D eigenvalue weighted by Crippen LogP contribution is 2.33. The second-order valence-electron chi connectivity index (χ2n) is 6.41. The van der Waals surface area contributed by atoms with Crippen LogP contribution < -0.4 is 10.7 Å². The van der Waals surface area contributed by atoms with Gasteiger partial charge in [-0.25, -0.2) is 23.0 Å². The van der Waals surface area contributed by atoms with Crippen LogP contribution in [0.15, 0.2) is 16.1 Å². The molecule has 4 nitrogen and oxygen atoms in total. The highest BCUT2D eigenvalue weighted by Gasteiger charge is 2.44. The molecule has 0 aromatic heterocycles. The van der Waals surface area contributed by atoms with Gasteiger partial charge in [0.25, 0.3) is 0 Å². The number of unbranched alkanes of at least 4 members (excludes halogenated alkanes) is 1. The molecule has 0 aliphatic carbocycles. The van der Waals surface area contributed by atoms with Crippen molar-refractivity contribution in [3.8, 4) is 0 Å². The zero-order valence-corrected chi connectivity index (χ0v) is 17.3. The molecule has 1 aromatic carbocycles. The molecule has 1 aliphatic rings. The van der Waals surface area contributed by atoms with E-state index in [4.69, 9.17) is 11.6 Å². The van der Waals surface area contributed by atoms with Crippen LogP contribution in [-0.4, -0.2) is 29.3 Å². The van der Waals surface area contributed by atoms with Crippen molar-refractivity contribution in [2.45, 2.75) is 50.1 Å². The van der Waals surface area contributed by atoms with Gasteiger partial charge in [0.05, 0.1) is 9.93 Å². The highest BCUT2D eigenvalue weighted by molar-refractivity contribution is 7.99. The number of carbonyl (C=O) groups excluding carboxylic acids is 1. The standard InChI is InChI=1S/C18H22ClF4N3OS/c1-4-6-7-28-16-14(22)12(20)10(13(21)15(16)23)8-24-17(27)18(5-2)11(19)9-26(3)25-18/h9,25H,4-8H2,1-3H3,(H,24,27). The lowest BCUT2D eigenvalue weighted by Crippen LogP contribution is -2.56. The molecule has 0 fully saturated rings. The lowest BCUT2D eigenvalue weighted by atomic mass is 9.96. The predicted octanol–water partition coefficient (Wildman–Crippen LogP) is 4.43. The van der Waals surface area contributed by atoms with Crippen molar-refractivity contribution in [1.82, 2.24) is 15.8 Å². The topological polar surface area (TPSA) is 44.4 Å². The summed E-state index contributed by atoms with van der Waals surface area (Å²) >= 11 is 6.85. The van der Waals surface area contributed by atoms with Gasteiger partial charge < -0.3 is 10.3 Å². The molecule has 0 radical (unpaired) electrons. The smallest absolute Gasteiger partial charge is 0.247 e. The van der Waals surface area contributed by atoms with E-state index in [1.165, 1.54) is 11.2 Å². The van der Waals surface area contributed by atoms with E-state index < -0.39 is 51.7 Å². The van der Waals surface area contributed by atoms with Crippen molar-refractivity contribution in [2.24, 2.45) is 0 Å². The Labute approximate surface area is 170 Å². The van der Waals surface area contributed by atoms with Gasteiger partial charge in [-0.1, -0.05) is 31.9 Å². The number of nitrogens with zero attached hydrogens (tertiary/aromatic N) is 1. The number of hydrazine groups is 1. The molecule has 1 unspecified atom stereocenters. The van der Waals surface area contributed by atoms with Gasteiger partial charge in [0.2, 0.25) is 5.91 Å². The first-order valence-corrected chi connectivity index (χ1v) is 10.2. The van der Waals surface area contributed by atoms with Crippen LogP contribution in [0.5, 0.6) is 0 Å². The van der Waals surface area contributed by atoms with Crippen LogP contribution in [0.1, 0.15) is 38.7 Å². The summed E-state index contributed by atoms with van der Waals surface area (Å²) < 4.78 is 57.2. The van der Waals surface area contributed by atoms with E-state index in [9.17, 15) is 22.4 Å². The Bertz CT molecular complexity index is 764. The molecule has 1 aromatic rings. The Hall–Kier alpha value is -1.45. The van der Waals surface area contributed by atoms with Crippen molar-refractivity contribution in [2.75, 3.05) is 12.8 Å². The Morgan fingerprint density at radius 3 is 2.29 bits per heavy atom. The molecule has 0 bridgehead atoms. The molecule has 10 heteroatoms. The zero-order chi connectivity index (χ0) is 21.1. The van der Waals surface area contributed by atoms with Gasteiger partial charge in [0.15, 0.2) is 28.8 Å². The normalized spacial score (nSPS) is 19.1. The van der Waals surface area contributed by atoms with E-state index in [2.05, 4.69) is 10.7 Å². The minimum Gasteiger partial charge on any atom is -0.350 e. The van der Waals surface area contributed by atoms with Crippen LogP contribution in [0.3, 0.4) is 0 Å². The van der Waals surface area contributed by atoms with Crippen LogP contribution in [-0.2, 0) is 11.3 Å². The first kappa shape index (κ1) is 22.8. The third-order valence-electron chi connectivity index (χ3n) is 4.48. The molecule has 1 amide bonds. The summed E-state index contributed by atoms with van der Waals surface area (Å²) in [7, 11) is 1.63. The molecule has 0 saturated carbocycles. The average molecular weight is 440 g/mol. The quantitative estimate of drug-likeness (QED) is 0.272. The van der Waals surface area contributed by atoms with Crippen LogP contribution in [0.25, 0.3) is 0 Å². The Balaban J connectivity index is 2.23. The number of amides is 1. The van der Waals surface area contributed by atoms with Gasteiger partial charge in [0.1, 0.15) is 0 Å². The summed E-state index contributed by atoms with van der Waals surface area (Å²) in [6.07, 6.45) is 3.18. The fourth-order valence-electron chi connectivity index (χ4n) is 2.81. The summed E-state index contributed by atoms with van der Waals surface area (Å²) in [6, 6.07) is 0. The number of rotatable bonds is 8. The minimum absolute atomic E-state index is 0.191. The molecule has 2 rings (SSSR count). The molecular weight excluding hydrogens is 418 g/mol. The summed E-state index contributed by atoms with van der Waals surface area (Å²) in [5.74, 6) is -6.26. The zero-order valence-electron chi connectivity index (χ0n) is 15.8. The lowest BCUT2D eigenvalue weighted by Gasteiger charge is -2.29. The third-order valence-corrected chi connectivity index (χ3v) is 6.04. The Kier molecular flexibility index (Phi) is 7.64. The maximum absolute atomic E-state index is 14.3. The van der Waals surface area contributed by atoms with Gasteiger partial charge in [-0.15, -0.1) is 11.8 Å². The van der Waals surface area contributed by atoms with Gasteiger partial charge in [0, 0.05) is 25.4 Å². The highest BCUT2D eigenvalue weighted by atomic mass is 35.5. The van der Waals surface area contributed by atoms with E-state index in [1.807, 2.05) is 6.92 Å². The summed E-state index contributed by atoms with van der Waals surface area (Å²) in [5.41, 5.74) is 0.667. The first-order valence-electron chi connectivity index (χ1n) is 8.83. The van der Waals surface area contributed by atoms with Crippen LogP contribution >= 0.6 is 23.4 Å². The number of thioether (sulfide) groups is 1. The fourth-order valence-corrected chi connectivity index (χ4v) is 4.29. The molecular formula is C18H22ClF4N3OS. The van der Waals surface area contributed by atoms with Crippen molar-refractivity contribution >= 4 is 29.3 Å². The SMILES string of the molecule is CCCCSc1c(F)c(F)c(CNC(=O)C2(CC)NN(C)C=C2Cl)c(F)c1F. The van der Waals surface area contributed by atoms with Crippen LogP contribution in [0.2, 0.25) is 0 Å². The van der Waals surface area contributed by atoms with Crippen molar-refractivity contribution in [1.29, 1.82) is 0 Å². The molecule has 1 atom stereocenters. The maximum Gasteiger partial charge on any atom is 0.247 e. The predicted molar refractivity (Wildman–Crippen MR) is 102 cm³/mol.